The smallest absolute Gasteiger partial charge is 0.183 e. The van der Waals surface area contributed by atoms with E-state index >= 15 is 0 Å². The van der Waals surface area contributed by atoms with Crippen molar-refractivity contribution in [2.24, 2.45) is 0 Å². The maximum Gasteiger partial charge on any atom is 0.183 e. The molecule has 0 amide bonds. The van der Waals surface area contributed by atoms with Gasteiger partial charge in [0.2, 0.25) is 0 Å². The van der Waals surface area contributed by atoms with Gasteiger partial charge < -0.3 is 10.1 Å². The minimum absolute atomic E-state index is 0.544. The van der Waals surface area contributed by atoms with Crippen LogP contribution in [-0.2, 0) is 6.54 Å². The summed E-state index contributed by atoms with van der Waals surface area (Å²) in [5, 5.41) is 3.21. The van der Waals surface area contributed by atoms with Gasteiger partial charge in [0.15, 0.2) is 4.47 Å². The molecule has 0 fully saturated rings. The van der Waals surface area contributed by atoms with E-state index in [1.807, 2.05) is 36.4 Å². The number of benzene rings is 1. The van der Waals surface area contributed by atoms with Crippen LogP contribution >= 0.6 is 38.9 Å². The van der Waals surface area contributed by atoms with Crippen LogP contribution in [0.25, 0.3) is 0 Å². The van der Waals surface area contributed by atoms with E-state index in [1.54, 1.807) is 12.4 Å². The molecule has 7 heteroatoms. The molecule has 22 heavy (non-hydrogen) atoms. The summed E-state index contributed by atoms with van der Waals surface area (Å²) in [6, 6.07) is 11.4. The summed E-state index contributed by atoms with van der Waals surface area (Å²) in [7, 11) is 0. The molecule has 3 aromatic rings. The van der Waals surface area contributed by atoms with Gasteiger partial charge in [-0.05, 0) is 36.4 Å². The molecule has 0 radical (unpaired) electrons. The number of ether oxygens (including phenoxy) is 1. The first kappa shape index (κ1) is 15.3. The Bertz CT molecular complexity index is 746. The van der Waals surface area contributed by atoms with E-state index in [0.717, 1.165) is 20.9 Å². The van der Waals surface area contributed by atoms with Gasteiger partial charge in [0.25, 0.3) is 0 Å². The van der Waals surface area contributed by atoms with E-state index in [0.29, 0.717) is 16.8 Å². The van der Waals surface area contributed by atoms with Crippen molar-refractivity contribution in [3.63, 3.8) is 0 Å². The van der Waals surface area contributed by atoms with E-state index < -0.39 is 0 Å². The predicted molar refractivity (Wildman–Crippen MR) is 92.9 cm³/mol. The second-order valence-electron chi connectivity index (χ2n) is 4.37. The third-order valence-corrected chi connectivity index (χ3v) is 4.40. The maximum absolute atomic E-state index is 5.79. The van der Waals surface area contributed by atoms with Crippen LogP contribution in [0.3, 0.4) is 0 Å². The second-order valence-corrected chi connectivity index (χ2v) is 6.98. The van der Waals surface area contributed by atoms with Gasteiger partial charge in [0.1, 0.15) is 17.3 Å². The van der Waals surface area contributed by atoms with Gasteiger partial charge in [-0.25, -0.2) is 9.97 Å². The van der Waals surface area contributed by atoms with Crippen molar-refractivity contribution in [1.82, 2.24) is 9.97 Å². The molecule has 0 saturated heterocycles. The molecule has 0 aliphatic rings. The summed E-state index contributed by atoms with van der Waals surface area (Å²) >= 11 is 10.6. The highest BCUT2D eigenvalue weighted by Crippen LogP contribution is 2.24. The Morgan fingerprint density at radius 2 is 1.82 bits per heavy atom. The number of thiazole rings is 1. The highest BCUT2D eigenvalue weighted by atomic mass is 79.9. The summed E-state index contributed by atoms with van der Waals surface area (Å²) in [6.07, 6.45) is 3.44. The largest absolute Gasteiger partial charge is 0.456 e. The Kier molecular flexibility index (Phi) is 4.92. The fraction of sp³-hybridized carbons (Fsp3) is 0.0667. The predicted octanol–water partition coefficient (Wildman–Crippen LogP) is 5.36. The van der Waals surface area contributed by atoms with Crippen molar-refractivity contribution in [3.05, 3.63) is 62.6 Å². The molecule has 4 nitrogen and oxygen atoms in total. The zero-order valence-corrected chi connectivity index (χ0v) is 14.5. The Labute approximate surface area is 145 Å². The molecule has 112 valence electrons. The zero-order chi connectivity index (χ0) is 15.4. The van der Waals surface area contributed by atoms with Gasteiger partial charge >= 0.3 is 0 Å². The summed E-state index contributed by atoms with van der Waals surface area (Å²) in [5.74, 6) is 2.23. The fourth-order valence-electron chi connectivity index (χ4n) is 1.73. The molecule has 2 heterocycles. The Morgan fingerprint density at radius 1 is 1.05 bits per heavy atom. The highest BCUT2D eigenvalue weighted by molar-refractivity contribution is 9.10. The molecule has 0 aliphatic carbocycles. The van der Waals surface area contributed by atoms with Gasteiger partial charge in [0, 0.05) is 15.5 Å². The minimum atomic E-state index is 0.544. The second kappa shape index (κ2) is 7.09. The average Bonchev–Trinajstić information content (AvgIpc) is 2.94. The third kappa shape index (κ3) is 4.19. The van der Waals surface area contributed by atoms with Crippen LogP contribution in [0.15, 0.2) is 53.3 Å². The van der Waals surface area contributed by atoms with Crippen molar-refractivity contribution in [2.75, 3.05) is 5.32 Å². The molecular weight excluding hydrogens is 386 g/mol. The van der Waals surface area contributed by atoms with Crippen LogP contribution in [-0.4, -0.2) is 9.97 Å². The number of anilines is 1. The lowest BCUT2D eigenvalue weighted by atomic mass is 10.3. The highest BCUT2D eigenvalue weighted by Gasteiger charge is 2.02. The third-order valence-electron chi connectivity index (χ3n) is 2.75. The standard InChI is InChI=1S/C15H11BrClN3OS/c16-10-1-3-11(4-2-10)21-12-5-6-14(18-7-12)19-8-13-9-20-15(17)22-13/h1-7,9H,8H2,(H,18,19). The molecule has 0 bridgehead atoms. The first-order valence-electron chi connectivity index (χ1n) is 6.42. The summed E-state index contributed by atoms with van der Waals surface area (Å²) in [4.78, 5) is 9.37. The summed E-state index contributed by atoms with van der Waals surface area (Å²) in [5.41, 5.74) is 0. The number of nitrogens with one attached hydrogen (secondary N) is 1. The number of nitrogens with zero attached hydrogens (tertiary/aromatic N) is 2. The first-order valence-corrected chi connectivity index (χ1v) is 8.41. The zero-order valence-electron chi connectivity index (χ0n) is 11.3. The van der Waals surface area contributed by atoms with Crippen molar-refractivity contribution < 1.29 is 4.74 Å². The maximum atomic E-state index is 5.79. The molecule has 0 unspecified atom stereocenters. The van der Waals surface area contributed by atoms with Gasteiger partial charge in [0.05, 0.1) is 12.7 Å². The number of rotatable bonds is 5. The monoisotopic (exact) mass is 395 g/mol. The first-order chi connectivity index (χ1) is 10.7. The molecule has 0 aliphatic heterocycles. The van der Waals surface area contributed by atoms with Crippen LogP contribution < -0.4 is 10.1 Å². The Morgan fingerprint density at radius 3 is 2.45 bits per heavy atom. The number of pyridine rings is 1. The Balaban J connectivity index is 1.59. The SMILES string of the molecule is Clc1ncc(CNc2ccc(Oc3ccc(Br)cc3)cn2)s1. The minimum Gasteiger partial charge on any atom is -0.456 e. The van der Waals surface area contributed by atoms with Crippen LogP contribution in [0, 0.1) is 0 Å². The van der Waals surface area contributed by atoms with Gasteiger partial charge in [-0.15, -0.1) is 11.3 Å². The molecular formula is C15H11BrClN3OS. The lowest BCUT2D eigenvalue weighted by Gasteiger charge is -2.07. The van der Waals surface area contributed by atoms with Gasteiger partial charge in [-0.1, -0.05) is 27.5 Å². The van der Waals surface area contributed by atoms with E-state index in [1.165, 1.54) is 11.3 Å². The van der Waals surface area contributed by atoms with Crippen LogP contribution in [0.4, 0.5) is 5.82 Å². The fourth-order valence-corrected chi connectivity index (χ4v) is 2.91. The van der Waals surface area contributed by atoms with Crippen molar-refractivity contribution in [3.8, 4) is 11.5 Å². The lowest BCUT2D eigenvalue weighted by Crippen LogP contribution is -1.99. The average molecular weight is 397 g/mol. The van der Waals surface area contributed by atoms with Gasteiger partial charge in [-0.3, -0.25) is 0 Å². The number of aromatic nitrogens is 2. The van der Waals surface area contributed by atoms with Gasteiger partial charge in [-0.2, -0.15) is 0 Å². The lowest BCUT2D eigenvalue weighted by molar-refractivity contribution is 0.480. The summed E-state index contributed by atoms with van der Waals surface area (Å²) < 4.78 is 7.28. The van der Waals surface area contributed by atoms with Crippen molar-refractivity contribution >= 4 is 44.7 Å². The van der Waals surface area contributed by atoms with E-state index in [2.05, 4.69) is 31.2 Å². The number of halogens is 2. The van der Waals surface area contributed by atoms with Crippen molar-refractivity contribution in [2.45, 2.75) is 6.54 Å². The van der Waals surface area contributed by atoms with Crippen molar-refractivity contribution in [1.29, 1.82) is 0 Å². The normalized spacial score (nSPS) is 10.5. The molecule has 3 rings (SSSR count). The molecule has 2 aromatic heterocycles. The molecule has 0 saturated carbocycles. The Hall–Kier alpha value is -1.63. The van der Waals surface area contributed by atoms with E-state index in [-0.39, 0.29) is 0 Å². The molecule has 0 spiro atoms. The topological polar surface area (TPSA) is 47.0 Å². The number of hydrogen-bond donors (Lipinski definition) is 1. The number of hydrogen-bond acceptors (Lipinski definition) is 5. The van der Waals surface area contributed by atoms with Crippen LogP contribution in [0.1, 0.15) is 4.88 Å². The quantitative estimate of drug-likeness (QED) is 0.631. The van der Waals surface area contributed by atoms with E-state index in [4.69, 9.17) is 16.3 Å². The molecule has 1 aromatic carbocycles. The van der Waals surface area contributed by atoms with E-state index in [9.17, 15) is 0 Å². The molecule has 0 atom stereocenters. The van der Waals surface area contributed by atoms with Crippen LogP contribution in [0.5, 0.6) is 11.5 Å². The summed E-state index contributed by atoms with van der Waals surface area (Å²) in [6.45, 7) is 0.643. The van der Waals surface area contributed by atoms with Crippen LogP contribution in [0.2, 0.25) is 4.47 Å². The molecule has 1 N–H and O–H groups in total.